The van der Waals surface area contributed by atoms with Crippen molar-refractivity contribution in [3.8, 4) is 0 Å². The van der Waals surface area contributed by atoms with E-state index in [1.165, 1.54) is 17.4 Å². The average molecular weight is 354 g/mol. The number of nitrogens with one attached hydrogen (secondary N) is 1. The molecule has 5 nitrogen and oxygen atoms in total. The Balaban J connectivity index is 1.91. The van der Waals surface area contributed by atoms with E-state index < -0.39 is 36.2 Å². The molecule has 24 heavy (non-hydrogen) atoms. The number of nitrogens with zero attached hydrogens (tertiary/aromatic N) is 1. The third kappa shape index (κ3) is 4.35. The third-order valence-electron chi connectivity index (χ3n) is 3.23. The molecule has 2 rings (SSSR count). The van der Waals surface area contributed by atoms with Gasteiger partial charge in [-0.05, 0) is 26.8 Å². The van der Waals surface area contributed by atoms with Crippen LogP contribution in [0.1, 0.15) is 38.9 Å². The van der Waals surface area contributed by atoms with E-state index in [1.54, 1.807) is 20.8 Å². The van der Waals surface area contributed by atoms with Gasteiger partial charge in [-0.3, -0.25) is 4.79 Å². The van der Waals surface area contributed by atoms with Crippen LogP contribution in [0.4, 0.5) is 8.78 Å². The molecule has 1 N–H and O–H groups in total. The molecular formula is C16H16F2N2O3S. The van der Waals surface area contributed by atoms with E-state index in [-0.39, 0.29) is 5.56 Å². The normalized spacial score (nSPS) is 11.9. The minimum absolute atomic E-state index is 0.144. The second-order valence-electron chi connectivity index (χ2n) is 5.18. The summed E-state index contributed by atoms with van der Waals surface area (Å²) in [5.41, 5.74) is 0.690. The summed E-state index contributed by atoms with van der Waals surface area (Å²) in [6.45, 7) is 4.49. The number of amides is 1. The summed E-state index contributed by atoms with van der Waals surface area (Å²) in [5, 5.41) is 3.22. The van der Waals surface area contributed by atoms with Gasteiger partial charge in [-0.2, -0.15) is 0 Å². The summed E-state index contributed by atoms with van der Waals surface area (Å²) in [7, 11) is 0. The molecule has 0 spiro atoms. The molecule has 2 aromatic rings. The van der Waals surface area contributed by atoms with Gasteiger partial charge in [0.25, 0.3) is 5.91 Å². The van der Waals surface area contributed by atoms with Gasteiger partial charge in [0.2, 0.25) is 0 Å². The highest BCUT2D eigenvalue weighted by atomic mass is 32.1. The Morgan fingerprint density at radius 1 is 1.33 bits per heavy atom. The molecule has 1 heterocycles. The molecule has 0 aliphatic carbocycles. The molecule has 0 fully saturated rings. The minimum Gasteiger partial charge on any atom is -0.451 e. The van der Waals surface area contributed by atoms with Crippen LogP contribution in [-0.2, 0) is 9.53 Å². The van der Waals surface area contributed by atoms with Gasteiger partial charge < -0.3 is 10.1 Å². The minimum atomic E-state index is -0.754. The zero-order valence-electron chi connectivity index (χ0n) is 13.4. The molecule has 0 aliphatic rings. The monoisotopic (exact) mass is 354 g/mol. The number of halogens is 2. The highest BCUT2D eigenvalue weighted by Crippen LogP contribution is 2.19. The first-order valence-electron chi connectivity index (χ1n) is 7.13. The highest BCUT2D eigenvalue weighted by molar-refractivity contribution is 7.13. The molecular weight excluding hydrogens is 338 g/mol. The Hall–Kier alpha value is -2.35. The topological polar surface area (TPSA) is 68.3 Å². The number of hydrogen-bond acceptors (Lipinski definition) is 5. The van der Waals surface area contributed by atoms with Gasteiger partial charge in [-0.1, -0.05) is 6.07 Å². The number of ether oxygens (including phenoxy) is 1. The molecule has 128 valence electrons. The smallest absolute Gasteiger partial charge is 0.350 e. The number of esters is 1. The van der Waals surface area contributed by atoms with E-state index in [0.717, 1.165) is 17.1 Å². The predicted molar refractivity (Wildman–Crippen MR) is 84.8 cm³/mol. The van der Waals surface area contributed by atoms with Crippen molar-refractivity contribution in [2.45, 2.75) is 26.8 Å². The largest absolute Gasteiger partial charge is 0.451 e. The van der Waals surface area contributed by atoms with E-state index in [0.29, 0.717) is 10.6 Å². The van der Waals surface area contributed by atoms with Gasteiger partial charge in [0, 0.05) is 11.6 Å². The van der Waals surface area contributed by atoms with Crippen LogP contribution in [0.3, 0.4) is 0 Å². The van der Waals surface area contributed by atoms with E-state index in [1.807, 2.05) is 0 Å². The second kappa shape index (κ2) is 7.48. The number of aryl methyl sites for hydroxylation is 2. The van der Waals surface area contributed by atoms with Crippen molar-refractivity contribution in [2.24, 2.45) is 0 Å². The van der Waals surface area contributed by atoms with Crippen molar-refractivity contribution in [1.82, 2.24) is 10.3 Å². The Morgan fingerprint density at radius 2 is 2.04 bits per heavy atom. The van der Waals surface area contributed by atoms with Gasteiger partial charge in [-0.25, -0.2) is 18.6 Å². The van der Waals surface area contributed by atoms with Crippen molar-refractivity contribution in [3.63, 3.8) is 0 Å². The summed E-state index contributed by atoms with van der Waals surface area (Å²) in [6.07, 6.45) is 0. The standard InChI is InChI=1S/C16H16F2N2O3S/c1-8(12-5-4-11(17)6-13(12)18)20-14(21)7-23-16(22)15-9(2)19-10(3)24-15/h4-6,8H,7H2,1-3H3,(H,20,21)/t8-/m0/s1. The van der Waals surface area contributed by atoms with Crippen LogP contribution in [-0.4, -0.2) is 23.5 Å². The van der Waals surface area contributed by atoms with Crippen LogP contribution < -0.4 is 5.32 Å². The number of benzene rings is 1. The van der Waals surface area contributed by atoms with Gasteiger partial charge in [0.05, 0.1) is 16.7 Å². The van der Waals surface area contributed by atoms with Gasteiger partial charge in [0.15, 0.2) is 6.61 Å². The van der Waals surface area contributed by atoms with Gasteiger partial charge >= 0.3 is 5.97 Å². The molecule has 0 radical (unpaired) electrons. The average Bonchev–Trinajstić information content (AvgIpc) is 2.83. The Kier molecular flexibility index (Phi) is 5.61. The van der Waals surface area contributed by atoms with Crippen LogP contribution >= 0.6 is 11.3 Å². The summed E-state index contributed by atoms with van der Waals surface area (Å²) in [6, 6.07) is 2.41. The lowest BCUT2D eigenvalue weighted by Gasteiger charge is -2.15. The lowest BCUT2D eigenvalue weighted by molar-refractivity contribution is -0.124. The fourth-order valence-corrected chi connectivity index (χ4v) is 2.94. The fraction of sp³-hybridized carbons (Fsp3) is 0.312. The number of thiazole rings is 1. The van der Waals surface area contributed by atoms with Crippen LogP contribution in [0.25, 0.3) is 0 Å². The fourth-order valence-electron chi connectivity index (χ4n) is 2.13. The van der Waals surface area contributed by atoms with E-state index in [2.05, 4.69) is 10.3 Å². The first kappa shape index (κ1) is 18.0. The summed E-state index contributed by atoms with van der Waals surface area (Å²) < 4.78 is 31.5. The molecule has 0 bridgehead atoms. The van der Waals surface area contributed by atoms with Crippen molar-refractivity contribution < 1.29 is 23.1 Å². The number of rotatable bonds is 5. The molecule has 0 aliphatic heterocycles. The quantitative estimate of drug-likeness (QED) is 0.838. The first-order chi connectivity index (χ1) is 11.3. The van der Waals surface area contributed by atoms with Crippen molar-refractivity contribution >= 4 is 23.2 Å². The molecule has 1 atom stereocenters. The number of carbonyl (C=O) groups is 2. The Bertz CT molecular complexity index is 777. The number of carbonyl (C=O) groups excluding carboxylic acids is 2. The van der Waals surface area contributed by atoms with Crippen molar-refractivity contribution in [2.75, 3.05) is 6.61 Å². The number of hydrogen-bond donors (Lipinski definition) is 1. The van der Waals surface area contributed by atoms with E-state index in [4.69, 9.17) is 4.74 Å². The maximum absolute atomic E-state index is 13.7. The Morgan fingerprint density at radius 3 is 2.62 bits per heavy atom. The van der Waals surface area contributed by atoms with E-state index >= 15 is 0 Å². The van der Waals surface area contributed by atoms with Crippen molar-refractivity contribution in [3.05, 3.63) is 51.0 Å². The molecule has 0 saturated carbocycles. The molecule has 1 aromatic carbocycles. The summed E-state index contributed by atoms with van der Waals surface area (Å²) in [4.78, 5) is 28.2. The van der Waals surface area contributed by atoms with Crippen LogP contribution in [0.15, 0.2) is 18.2 Å². The lowest BCUT2D eigenvalue weighted by Crippen LogP contribution is -2.31. The zero-order chi connectivity index (χ0) is 17.9. The molecule has 1 aromatic heterocycles. The summed E-state index contributed by atoms with van der Waals surface area (Å²) >= 11 is 1.19. The predicted octanol–water partition coefficient (Wildman–Crippen LogP) is 3.07. The summed E-state index contributed by atoms with van der Waals surface area (Å²) in [5.74, 6) is -2.66. The zero-order valence-corrected chi connectivity index (χ0v) is 14.2. The first-order valence-corrected chi connectivity index (χ1v) is 7.95. The SMILES string of the molecule is Cc1nc(C)c(C(=O)OCC(=O)N[C@@H](C)c2ccc(F)cc2F)s1. The maximum Gasteiger partial charge on any atom is 0.350 e. The molecule has 1 amide bonds. The van der Waals surface area contributed by atoms with Crippen LogP contribution in [0.2, 0.25) is 0 Å². The lowest BCUT2D eigenvalue weighted by atomic mass is 10.1. The van der Waals surface area contributed by atoms with Gasteiger partial charge in [-0.15, -0.1) is 11.3 Å². The van der Waals surface area contributed by atoms with Crippen LogP contribution in [0.5, 0.6) is 0 Å². The Labute approximate surface area is 141 Å². The molecule has 0 unspecified atom stereocenters. The van der Waals surface area contributed by atoms with Crippen molar-refractivity contribution in [1.29, 1.82) is 0 Å². The van der Waals surface area contributed by atoms with Gasteiger partial charge in [0.1, 0.15) is 16.5 Å². The second-order valence-corrected chi connectivity index (χ2v) is 6.38. The molecule has 0 saturated heterocycles. The maximum atomic E-state index is 13.7. The highest BCUT2D eigenvalue weighted by Gasteiger charge is 2.18. The number of aromatic nitrogens is 1. The van der Waals surface area contributed by atoms with E-state index in [9.17, 15) is 18.4 Å². The molecule has 8 heteroatoms. The van der Waals surface area contributed by atoms with Crippen LogP contribution in [0, 0.1) is 25.5 Å². The third-order valence-corrected chi connectivity index (χ3v) is 4.28.